The number of nitro benzene ring substituents is 1. The van der Waals surface area contributed by atoms with Gasteiger partial charge in [0, 0.05) is 42.6 Å². The number of non-ortho nitro benzene ring substituents is 1. The van der Waals surface area contributed by atoms with E-state index in [-0.39, 0.29) is 33.5 Å². The number of anilines is 1. The van der Waals surface area contributed by atoms with Crippen molar-refractivity contribution in [3.8, 4) is 5.75 Å². The van der Waals surface area contributed by atoms with Crippen LogP contribution in [0.1, 0.15) is 16.1 Å². The molecule has 10 nitrogen and oxygen atoms in total. The summed E-state index contributed by atoms with van der Waals surface area (Å²) in [6.45, 7) is 0.379. The van der Waals surface area contributed by atoms with Gasteiger partial charge in [0.2, 0.25) is 0 Å². The molecule has 0 aliphatic carbocycles. The number of amides is 1. The van der Waals surface area contributed by atoms with E-state index in [4.69, 9.17) is 4.74 Å². The molecule has 0 aliphatic rings. The van der Waals surface area contributed by atoms with Gasteiger partial charge in [0.05, 0.1) is 22.6 Å². The summed E-state index contributed by atoms with van der Waals surface area (Å²) in [7, 11) is -2.76. The molecule has 32 heavy (non-hydrogen) atoms. The van der Waals surface area contributed by atoms with E-state index in [0.717, 1.165) is 11.8 Å². The molecule has 3 aromatic rings. The molecule has 0 aliphatic heterocycles. The minimum Gasteiger partial charge on any atom is -0.495 e. The van der Waals surface area contributed by atoms with Crippen LogP contribution in [0.15, 0.2) is 71.8 Å². The van der Waals surface area contributed by atoms with Crippen LogP contribution in [0.4, 0.5) is 11.4 Å². The predicted octanol–water partition coefficient (Wildman–Crippen LogP) is 2.77. The Morgan fingerprint density at radius 2 is 1.88 bits per heavy atom. The number of ether oxygens (including phenoxy) is 1. The first-order chi connectivity index (χ1) is 15.3. The highest BCUT2D eigenvalue weighted by Crippen LogP contribution is 2.30. The number of nitrogens with one attached hydrogen (secondary N) is 2. The summed E-state index contributed by atoms with van der Waals surface area (Å²) in [5.74, 6) is -0.221. The van der Waals surface area contributed by atoms with Gasteiger partial charge in [-0.3, -0.25) is 24.6 Å². The summed E-state index contributed by atoms with van der Waals surface area (Å²) in [5, 5.41) is 13.7. The molecule has 0 atom stereocenters. The molecule has 0 saturated carbocycles. The van der Waals surface area contributed by atoms with Crippen molar-refractivity contribution in [1.82, 2.24) is 10.3 Å². The van der Waals surface area contributed by atoms with E-state index < -0.39 is 14.9 Å². The van der Waals surface area contributed by atoms with Crippen molar-refractivity contribution in [2.75, 3.05) is 18.4 Å². The number of nitrogens with zero attached hydrogens (tertiary/aromatic N) is 2. The topological polar surface area (TPSA) is 141 Å². The van der Waals surface area contributed by atoms with Gasteiger partial charge in [0.15, 0.2) is 0 Å². The van der Waals surface area contributed by atoms with Crippen molar-refractivity contribution >= 4 is 27.3 Å². The third kappa shape index (κ3) is 5.58. The van der Waals surface area contributed by atoms with Crippen LogP contribution in [-0.4, -0.2) is 37.9 Å². The van der Waals surface area contributed by atoms with Crippen LogP contribution in [0.25, 0.3) is 0 Å². The highest BCUT2D eigenvalue weighted by Gasteiger charge is 2.19. The number of nitro groups is 1. The minimum atomic E-state index is -4.08. The molecule has 0 fully saturated rings. The lowest BCUT2D eigenvalue weighted by molar-refractivity contribution is -0.384. The van der Waals surface area contributed by atoms with Crippen molar-refractivity contribution in [2.45, 2.75) is 11.3 Å². The molecule has 2 N–H and O–H groups in total. The molecule has 2 aromatic carbocycles. The lowest BCUT2D eigenvalue weighted by Gasteiger charge is -2.12. The first-order valence-corrected chi connectivity index (χ1v) is 10.9. The maximum atomic E-state index is 12.7. The average Bonchev–Trinajstić information content (AvgIpc) is 2.79. The van der Waals surface area contributed by atoms with E-state index in [9.17, 15) is 23.3 Å². The molecule has 0 radical (unpaired) electrons. The highest BCUT2D eigenvalue weighted by atomic mass is 32.2. The van der Waals surface area contributed by atoms with Crippen LogP contribution < -0.4 is 14.8 Å². The smallest absolute Gasteiger partial charge is 0.271 e. The van der Waals surface area contributed by atoms with E-state index in [1.54, 1.807) is 6.20 Å². The first kappa shape index (κ1) is 22.7. The Kier molecular flexibility index (Phi) is 7.00. The number of benzene rings is 2. The molecule has 0 unspecified atom stereocenters. The van der Waals surface area contributed by atoms with Gasteiger partial charge in [0.1, 0.15) is 5.75 Å². The van der Waals surface area contributed by atoms with Gasteiger partial charge in [-0.1, -0.05) is 6.07 Å². The van der Waals surface area contributed by atoms with Crippen molar-refractivity contribution in [3.63, 3.8) is 0 Å². The Balaban J connectivity index is 1.69. The zero-order valence-electron chi connectivity index (χ0n) is 17.0. The molecule has 0 saturated heterocycles. The summed E-state index contributed by atoms with van der Waals surface area (Å²) in [5.41, 5.74) is 0.772. The van der Waals surface area contributed by atoms with Gasteiger partial charge in [0.25, 0.3) is 21.6 Å². The maximum absolute atomic E-state index is 12.7. The number of pyridine rings is 1. The largest absolute Gasteiger partial charge is 0.495 e. The zero-order chi connectivity index (χ0) is 23.1. The second kappa shape index (κ2) is 9.88. The normalized spacial score (nSPS) is 10.9. The van der Waals surface area contributed by atoms with Gasteiger partial charge in [-0.2, -0.15) is 0 Å². The Morgan fingerprint density at radius 1 is 1.12 bits per heavy atom. The van der Waals surface area contributed by atoms with Gasteiger partial charge in [-0.25, -0.2) is 8.42 Å². The predicted molar refractivity (Wildman–Crippen MR) is 117 cm³/mol. The number of carbonyl (C=O) groups is 1. The van der Waals surface area contributed by atoms with Gasteiger partial charge in [-0.15, -0.1) is 0 Å². The summed E-state index contributed by atoms with van der Waals surface area (Å²) in [4.78, 5) is 26.7. The van der Waals surface area contributed by atoms with Gasteiger partial charge < -0.3 is 10.1 Å². The Hall–Kier alpha value is -3.99. The van der Waals surface area contributed by atoms with E-state index in [0.29, 0.717) is 13.0 Å². The number of carbonyl (C=O) groups excluding carboxylic acids is 1. The van der Waals surface area contributed by atoms with Crippen molar-refractivity contribution in [1.29, 1.82) is 0 Å². The van der Waals surface area contributed by atoms with Crippen LogP contribution >= 0.6 is 0 Å². The standard InChI is InChI=1S/C21H20N4O6S/c1-31-20-10-7-17(25(27)28)14-19(20)24-32(29,30)18-8-5-15(6-9-18)21(26)23-13-11-16-4-2-3-12-22-16/h2-10,12,14,24H,11,13H2,1H3,(H,23,26). The molecule has 166 valence electrons. The second-order valence-electron chi connectivity index (χ2n) is 6.60. The first-order valence-electron chi connectivity index (χ1n) is 9.43. The van der Waals surface area contributed by atoms with E-state index >= 15 is 0 Å². The number of hydrogen-bond donors (Lipinski definition) is 2. The van der Waals surface area contributed by atoms with E-state index in [1.807, 2.05) is 18.2 Å². The van der Waals surface area contributed by atoms with Gasteiger partial charge in [-0.05, 0) is 42.5 Å². The number of sulfonamides is 1. The molecule has 11 heteroatoms. The quantitative estimate of drug-likeness (QED) is 0.373. The van der Waals surface area contributed by atoms with Crippen molar-refractivity contribution < 1.29 is 22.9 Å². The molecule has 1 heterocycles. The highest BCUT2D eigenvalue weighted by molar-refractivity contribution is 7.92. The maximum Gasteiger partial charge on any atom is 0.271 e. The van der Waals surface area contributed by atoms with Crippen LogP contribution in [0.5, 0.6) is 5.75 Å². The number of hydrogen-bond acceptors (Lipinski definition) is 7. The Morgan fingerprint density at radius 3 is 2.50 bits per heavy atom. The fourth-order valence-corrected chi connectivity index (χ4v) is 3.89. The van der Waals surface area contributed by atoms with Crippen LogP contribution in [0.3, 0.4) is 0 Å². The lowest BCUT2D eigenvalue weighted by atomic mass is 10.2. The van der Waals surface area contributed by atoms with Crippen LogP contribution in [0.2, 0.25) is 0 Å². The van der Waals surface area contributed by atoms with Crippen molar-refractivity contribution in [2.24, 2.45) is 0 Å². The molecule has 1 amide bonds. The van der Waals surface area contributed by atoms with Crippen molar-refractivity contribution in [3.05, 3.63) is 88.2 Å². The number of aromatic nitrogens is 1. The fourth-order valence-electron chi connectivity index (χ4n) is 2.83. The third-order valence-electron chi connectivity index (χ3n) is 4.46. The Labute approximate surface area is 184 Å². The number of rotatable bonds is 9. The number of methoxy groups -OCH3 is 1. The van der Waals surface area contributed by atoms with Crippen LogP contribution in [0, 0.1) is 10.1 Å². The molecular weight excluding hydrogens is 436 g/mol. The average molecular weight is 456 g/mol. The van der Waals surface area contributed by atoms with E-state index in [2.05, 4.69) is 15.0 Å². The molecule has 1 aromatic heterocycles. The molecular formula is C21H20N4O6S. The SMILES string of the molecule is COc1ccc([N+](=O)[O-])cc1NS(=O)(=O)c1ccc(C(=O)NCCc2ccccn2)cc1. The summed E-state index contributed by atoms with van der Waals surface area (Å²) in [6, 6.07) is 14.4. The summed E-state index contributed by atoms with van der Waals surface area (Å²) < 4.78 is 32.8. The Bertz CT molecular complexity index is 1210. The van der Waals surface area contributed by atoms with E-state index in [1.165, 1.54) is 43.5 Å². The fraction of sp³-hybridized carbons (Fsp3) is 0.143. The second-order valence-corrected chi connectivity index (χ2v) is 8.28. The zero-order valence-corrected chi connectivity index (χ0v) is 17.8. The lowest BCUT2D eigenvalue weighted by Crippen LogP contribution is -2.26. The summed E-state index contributed by atoms with van der Waals surface area (Å²) in [6.07, 6.45) is 2.24. The molecule has 0 bridgehead atoms. The van der Waals surface area contributed by atoms with Gasteiger partial charge >= 0.3 is 0 Å². The third-order valence-corrected chi connectivity index (χ3v) is 5.84. The molecule has 0 spiro atoms. The summed E-state index contributed by atoms with van der Waals surface area (Å²) >= 11 is 0. The molecule has 3 rings (SSSR count). The monoisotopic (exact) mass is 456 g/mol. The minimum absolute atomic E-state index is 0.0713. The van der Waals surface area contributed by atoms with Crippen LogP contribution in [-0.2, 0) is 16.4 Å².